The third-order valence-corrected chi connectivity index (χ3v) is 4.19. The van der Waals surface area contributed by atoms with E-state index < -0.39 is 0 Å². The Kier molecular flexibility index (Phi) is 5.39. The highest BCUT2D eigenvalue weighted by Crippen LogP contribution is 2.32. The maximum Gasteiger partial charge on any atom is 0.213 e. The molecule has 1 aromatic heterocycles. The first-order valence-electron chi connectivity index (χ1n) is 6.45. The Morgan fingerprint density at radius 2 is 2.20 bits per heavy atom. The molecule has 1 N–H and O–H groups in total. The summed E-state index contributed by atoms with van der Waals surface area (Å²) in [5.74, 6) is 0.642. The van der Waals surface area contributed by atoms with Gasteiger partial charge in [0.1, 0.15) is 0 Å². The molecule has 0 amide bonds. The molecule has 5 nitrogen and oxygen atoms in total. The van der Waals surface area contributed by atoms with Gasteiger partial charge < -0.3 is 5.32 Å². The fraction of sp³-hybridized carbons (Fsp3) is 0.462. The Bertz CT molecular complexity index is 570. The predicted molar refractivity (Wildman–Crippen MR) is 80.9 cm³/mol. The van der Waals surface area contributed by atoms with Crippen molar-refractivity contribution >= 4 is 23.4 Å². The summed E-state index contributed by atoms with van der Waals surface area (Å²) in [6, 6.07) is 6.07. The van der Waals surface area contributed by atoms with E-state index in [1.54, 1.807) is 11.7 Å². The minimum absolute atomic E-state index is 0.642. The number of hydrogen-bond donors (Lipinski definition) is 1. The van der Waals surface area contributed by atoms with Crippen LogP contribution in [-0.4, -0.2) is 26.8 Å². The number of aromatic nitrogens is 4. The molecule has 7 heteroatoms. The monoisotopic (exact) mass is 311 g/mol. The van der Waals surface area contributed by atoms with E-state index in [9.17, 15) is 0 Å². The van der Waals surface area contributed by atoms with Gasteiger partial charge in [-0.1, -0.05) is 31.5 Å². The lowest BCUT2D eigenvalue weighted by Gasteiger charge is -2.09. The largest absolute Gasteiger partial charge is 0.312 e. The van der Waals surface area contributed by atoms with E-state index in [-0.39, 0.29) is 0 Å². The maximum atomic E-state index is 6.31. The second-order valence-electron chi connectivity index (χ2n) is 4.98. The summed E-state index contributed by atoms with van der Waals surface area (Å²) in [7, 11) is 1.81. The molecule has 0 radical (unpaired) electrons. The van der Waals surface area contributed by atoms with Gasteiger partial charge in [0.2, 0.25) is 5.16 Å². The third-order valence-electron chi connectivity index (χ3n) is 2.66. The van der Waals surface area contributed by atoms with Crippen molar-refractivity contribution in [3.63, 3.8) is 0 Å². The highest BCUT2D eigenvalue weighted by atomic mass is 35.5. The van der Waals surface area contributed by atoms with Gasteiger partial charge in [0.15, 0.2) is 0 Å². The lowest BCUT2D eigenvalue weighted by atomic mass is 10.2. The van der Waals surface area contributed by atoms with Crippen molar-refractivity contribution in [1.29, 1.82) is 0 Å². The van der Waals surface area contributed by atoms with Crippen molar-refractivity contribution < 1.29 is 0 Å². The first-order chi connectivity index (χ1) is 9.56. The van der Waals surface area contributed by atoms with Crippen LogP contribution in [0.5, 0.6) is 0 Å². The predicted octanol–water partition coefficient (Wildman–Crippen LogP) is 2.76. The second kappa shape index (κ2) is 7.06. The third kappa shape index (κ3) is 4.19. The standard InChI is InChI=1S/C13H18ClN5S/c1-9(2)7-15-8-10-4-5-12(11(14)6-10)20-13-16-17-18-19(13)3/h4-6,9,15H,7-8H2,1-3H3. The SMILES string of the molecule is CC(C)CNCc1ccc(Sc2nnnn2C)c(Cl)c1. The summed E-state index contributed by atoms with van der Waals surface area (Å²) in [5, 5.41) is 16.2. The van der Waals surface area contributed by atoms with Gasteiger partial charge >= 0.3 is 0 Å². The number of nitrogens with zero attached hydrogens (tertiary/aromatic N) is 4. The molecule has 20 heavy (non-hydrogen) atoms. The van der Waals surface area contributed by atoms with Crippen molar-refractivity contribution in [2.24, 2.45) is 13.0 Å². The van der Waals surface area contributed by atoms with E-state index in [1.807, 2.05) is 12.1 Å². The first-order valence-corrected chi connectivity index (χ1v) is 7.65. The Balaban J connectivity index is 2.01. The van der Waals surface area contributed by atoms with Gasteiger partial charge in [-0.2, -0.15) is 0 Å². The lowest BCUT2D eigenvalue weighted by molar-refractivity contribution is 0.552. The van der Waals surface area contributed by atoms with Crippen molar-refractivity contribution in [3.05, 3.63) is 28.8 Å². The topological polar surface area (TPSA) is 55.6 Å². The quantitative estimate of drug-likeness (QED) is 0.889. The van der Waals surface area contributed by atoms with Crippen molar-refractivity contribution in [2.75, 3.05) is 6.54 Å². The molecule has 2 aromatic rings. The number of halogens is 1. The Labute approximate surface area is 128 Å². The van der Waals surface area contributed by atoms with Crippen molar-refractivity contribution in [3.8, 4) is 0 Å². The Morgan fingerprint density at radius 1 is 1.40 bits per heavy atom. The normalized spacial score (nSPS) is 11.2. The molecular weight excluding hydrogens is 294 g/mol. The minimum atomic E-state index is 0.642. The van der Waals surface area contributed by atoms with Gasteiger partial charge in [-0.3, -0.25) is 0 Å². The summed E-state index contributed by atoms with van der Waals surface area (Å²) >= 11 is 7.77. The number of rotatable bonds is 6. The first kappa shape index (κ1) is 15.3. The summed E-state index contributed by atoms with van der Waals surface area (Å²) in [5.41, 5.74) is 1.18. The summed E-state index contributed by atoms with van der Waals surface area (Å²) < 4.78 is 1.62. The van der Waals surface area contributed by atoms with Gasteiger partial charge in [-0.25, -0.2) is 4.68 Å². The molecule has 108 valence electrons. The van der Waals surface area contributed by atoms with Gasteiger partial charge in [0, 0.05) is 18.5 Å². The van der Waals surface area contributed by atoms with Gasteiger partial charge in [0.05, 0.1) is 5.02 Å². The zero-order valence-electron chi connectivity index (χ0n) is 11.8. The fourth-order valence-corrected chi connectivity index (χ4v) is 2.70. The van der Waals surface area contributed by atoms with Gasteiger partial charge in [0.25, 0.3) is 0 Å². The molecule has 0 aliphatic rings. The number of nitrogens with one attached hydrogen (secondary N) is 1. The van der Waals surface area contributed by atoms with E-state index in [1.165, 1.54) is 17.3 Å². The van der Waals surface area contributed by atoms with Gasteiger partial charge in [-0.15, -0.1) is 5.10 Å². The fourth-order valence-electron chi connectivity index (χ4n) is 1.65. The average molecular weight is 312 g/mol. The summed E-state index contributed by atoms with van der Waals surface area (Å²) in [4.78, 5) is 0.956. The number of benzene rings is 1. The molecular formula is C13H18ClN5S. The zero-order valence-corrected chi connectivity index (χ0v) is 13.4. The van der Waals surface area contributed by atoms with Crippen LogP contribution in [0.4, 0.5) is 0 Å². The zero-order chi connectivity index (χ0) is 14.5. The Hall–Kier alpha value is -1.11. The van der Waals surface area contributed by atoms with E-state index >= 15 is 0 Å². The smallest absolute Gasteiger partial charge is 0.213 e. The van der Waals surface area contributed by atoms with E-state index in [0.717, 1.165) is 28.2 Å². The second-order valence-corrected chi connectivity index (χ2v) is 6.39. The number of aryl methyl sites for hydroxylation is 1. The van der Waals surface area contributed by atoms with Crippen LogP contribution in [0.1, 0.15) is 19.4 Å². The Morgan fingerprint density at radius 3 is 2.80 bits per heavy atom. The maximum absolute atomic E-state index is 6.31. The molecule has 0 unspecified atom stereocenters. The average Bonchev–Trinajstić information content (AvgIpc) is 2.78. The minimum Gasteiger partial charge on any atom is -0.312 e. The van der Waals surface area contributed by atoms with E-state index in [0.29, 0.717) is 5.92 Å². The molecule has 0 aliphatic carbocycles. The molecule has 0 atom stereocenters. The van der Waals surface area contributed by atoms with Crippen LogP contribution < -0.4 is 5.32 Å². The molecule has 0 bridgehead atoms. The van der Waals surface area contributed by atoms with Crippen molar-refractivity contribution in [2.45, 2.75) is 30.4 Å². The van der Waals surface area contributed by atoms with Crippen LogP contribution in [0.2, 0.25) is 5.02 Å². The summed E-state index contributed by atoms with van der Waals surface area (Å²) in [6.45, 7) is 6.20. The molecule has 0 aliphatic heterocycles. The molecule has 1 heterocycles. The van der Waals surface area contributed by atoms with E-state index in [2.05, 4.69) is 40.8 Å². The van der Waals surface area contributed by atoms with Crippen LogP contribution >= 0.6 is 23.4 Å². The highest BCUT2D eigenvalue weighted by Gasteiger charge is 2.09. The molecule has 2 rings (SSSR count). The highest BCUT2D eigenvalue weighted by molar-refractivity contribution is 7.99. The molecule has 0 saturated heterocycles. The van der Waals surface area contributed by atoms with Crippen LogP contribution in [0.3, 0.4) is 0 Å². The molecule has 0 spiro atoms. The van der Waals surface area contributed by atoms with Crippen LogP contribution in [-0.2, 0) is 13.6 Å². The van der Waals surface area contributed by atoms with Crippen LogP contribution in [0.25, 0.3) is 0 Å². The molecule has 1 aromatic carbocycles. The number of hydrogen-bond acceptors (Lipinski definition) is 5. The molecule has 0 fully saturated rings. The summed E-state index contributed by atoms with van der Waals surface area (Å²) in [6.07, 6.45) is 0. The molecule has 0 saturated carbocycles. The van der Waals surface area contributed by atoms with Crippen molar-refractivity contribution in [1.82, 2.24) is 25.5 Å². The van der Waals surface area contributed by atoms with Crippen LogP contribution in [0, 0.1) is 5.92 Å². The van der Waals surface area contributed by atoms with Gasteiger partial charge in [-0.05, 0) is 52.3 Å². The van der Waals surface area contributed by atoms with E-state index in [4.69, 9.17) is 11.6 Å². The van der Waals surface area contributed by atoms with Crippen LogP contribution in [0.15, 0.2) is 28.3 Å². The lowest BCUT2D eigenvalue weighted by Crippen LogP contribution is -2.18. The number of tetrazole rings is 1.